The van der Waals surface area contributed by atoms with Crippen molar-refractivity contribution in [3.63, 3.8) is 0 Å². The van der Waals surface area contributed by atoms with Gasteiger partial charge >= 0.3 is 11.7 Å². The number of aromatic nitrogens is 2. The summed E-state index contributed by atoms with van der Waals surface area (Å²) in [5.41, 5.74) is 1.32. The van der Waals surface area contributed by atoms with Gasteiger partial charge in [-0.25, -0.2) is 4.79 Å². The third-order valence-electron chi connectivity index (χ3n) is 3.44. The summed E-state index contributed by atoms with van der Waals surface area (Å²) in [6.07, 6.45) is 1.18. The first-order valence-electron chi connectivity index (χ1n) is 7.18. The molecule has 0 saturated carbocycles. The number of esters is 1. The number of nitrogens with zero attached hydrogens (tertiary/aromatic N) is 1. The van der Waals surface area contributed by atoms with Crippen molar-refractivity contribution < 1.29 is 14.3 Å². The highest BCUT2D eigenvalue weighted by molar-refractivity contribution is 5.93. The number of aromatic amines is 1. The predicted octanol–water partition coefficient (Wildman–Crippen LogP) is 0.335. The summed E-state index contributed by atoms with van der Waals surface area (Å²) < 4.78 is 5.81. The summed E-state index contributed by atoms with van der Waals surface area (Å²) >= 11 is 0. The minimum atomic E-state index is -0.764. The zero-order chi connectivity index (χ0) is 17.7. The van der Waals surface area contributed by atoms with E-state index in [1.807, 2.05) is 31.0 Å². The maximum atomic E-state index is 11.8. The highest BCUT2D eigenvalue weighted by Gasteiger charge is 2.11. The second-order valence-electron chi connectivity index (χ2n) is 5.19. The second kappa shape index (κ2) is 7.40. The van der Waals surface area contributed by atoms with E-state index in [2.05, 4.69) is 5.32 Å². The number of H-pyrrole nitrogens is 1. The van der Waals surface area contributed by atoms with Crippen LogP contribution in [0, 0.1) is 13.8 Å². The van der Waals surface area contributed by atoms with Crippen molar-refractivity contribution in [3.8, 4) is 0 Å². The van der Waals surface area contributed by atoms with Gasteiger partial charge < -0.3 is 10.1 Å². The molecule has 8 nitrogen and oxygen atoms in total. The highest BCUT2D eigenvalue weighted by atomic mass is 16.5. The summed E-state index contributed by atoms with van der Waals surface area (Å²) in [7, 11) is 0. The molecule has 2 rings (SSSR count). The number of benzene rings is 1. The number of ether oxygens (including phenoxy) is 1. The lowest BCUT2D eigenvalue weighted by molar-refractivity contribution is -0.148. The molecule has 2 aromatic rings. The van der Waals surface area contributed by atoms with Crippen molar-refractivity contribution in [2.45, 2.75) is 20.4 Å². The number of carbonyl (C=O) groups is 2. The highest BCUT2D eigenvalue weighted by Crippen LogP contribution is 2.17. The topological polar surface area (TPSA) is 110 Å². The largest absolute Gasteiger partial charge is 0.454 e. The minimum absolute atomic E-state index is 0.396. The molecule has 8 heteroatoms. The summed E-state index contributed by atoms with van der Waals surface area (Å²) in [5.74, 6) is -1.24. The molecule has 1 aromatic heterocycles. The Bertz CT molecular complexity index is 882. The van der Waals surface area contributed by atoms with Gasteiger partial charge in [0.25, 0.3) is 11.5 Å². The first kappa shape index (κ1) is 17.2. The number of nitrogens with one attached hydrogen (secondary N) is 2. The lowest BCUT2D eigenvalue weighted by Crippen LogP contribution is -2.32. The van der Waals surface area contributed by atoms with Crippen LogP contribution in [0.5, 0.6) is 0 Å². The molecule has 1 heterocycles. The smallest absolute Gasteiger partial charge is 0.328 e. The molecule has 0 spiro atoms. The maximum absolute atomic E-state index is 11.8. The van der Waals surface area contributed by atoms with Gasteiger partial charge in [0.05, 0.1) is 0 Å². The Morgan fingerprint density at radius 3 is 2.67 bits per heavy atom. The van der Waals surface area contributed by atoms with Gasteiger partial charge in [-0.3, -0.25) is 23.9 Å². The molecule has 0 saturated heterocycles. The van der Waals surface area contributed by atoms with Gasteiger partial charge in [-0.05, 0) is 31.0 Å². The average molecular weight is 331 g/mol. The van der Waals surface area contributed by atoms with E-state index in [0.717, 1.165) is 21.8 Å². The van der Waals surface area contributed by atoms with E-state index >= 15 is 0 Å². The zero-order valence-corrected chi connectivity index (χ0v) is 13.3. The van der Waals surface area contributed by atoms with E-state index in [-0.39, 0.29) is 0 Å². The summed E-state index contributed by atoms with van der Waals surface area (Å²) in [6, 6.07) is 6.60. The molecule has 2 N–H and O–H groups in total. The molecule has 0 bridgehead atoms. The molecule has 1 amide bonds. The van der Waals surface area contributed by atoms with Crippen molar-refractivity contribution in [2.75, 3.05) is 11.9 Å². The molecular weight excluding hydrogens is 314 g/mol. The Balaban J connectivity index is 1.89. The van der Waals surface area contributed by atoms with Gasteiger partial charge in [-0.2, -0.15) is 0 Å². The van der Waals surface area contributed by atoms with Crippen molar-refractivity contribution in [1.82, 2.24) is 9.55 Å². The van der Waals surface area contributed by atoms with E-state index in [4.69, 9.17) is 4.74 Å². The lowest BCUT2D eigenvalue weighted by atomic mass is 10.1. The fourth-order valence-electron chi connectivity index (χ4n) is 1.97. The van der Waals surface area contributed by atoms with Gasteiger partial charge in [0.2, 0.25) is 0 Å². The van der Waals surface area contributed by atoms with Gasteiger partial charge in [0.1, 0.15) is 6.54 Å². The number of rotatable bonds is 5. The third-order valence-corrected chi connectivity index (χ3v) is 3.44. The second-order valence-corrected chi connectivity index (χ2v) is 5.19. The molecule has 0 aliphatic rings. The average Bonchev–Trinajstić information content (AvgIpc) is 2.53. The van der Waals surface area contributed by atoms with Crippen molar-refractivity contribution in [2.24, 2.45) is 0 Å². The standard InChI is InChI=1S/C16H17N3O5/c1-10-4-3-5-12(11(10)2)17-14(21)9-24-15(22)8-19-7-6-13(20)18-16(19)23/h3-7H,8-9H2,1-2H3,(H,17,21)(H,18,20,23). The van der Waals surface area contributed by atoms with Crippen LogP contribution in [0.1, 0.15) is 11.1 Å². The Morgan fingerprint density at radius 2 is 1.96 bits per heavy atom. The third kappa shape index (κ3) is 4.42. The molecule has 126 valence electrons. The Morgan fingerprint density at radius 1 is 1.21 bits per heavy atom. The molecule has 0 radical (unpaired) electrons. The normalized spacial score (nSPS) is 10.2. The van der Waals surface area contributed by atoms with Crippen LogP contribution in [0.2, 0.25) is 0 Å². The quantitative estimate of drug-likeness (QED) is 0.768. The van der Waals surface area contributed by atoms with Crippen molar-refractivity contribution in [1.29, 1.82) is 0 Å². The number of anilines is 1. The zero-order valence-electron chi connectivity index (χ0n) is 13.3. The van der Waals surface area contributed by atoms with Crippen LogP contribution in [-0.2, 0) is 20.9 Å². The van der Waals surface area contributed by atoms with Crippen LogP contribution in [0.4, 0.5) is 5.69 Å². The van der Waals surface area contributed by atoms with Crippen LogP contribution < -0.4 is 16.6 Å². The molecule has 0 unspecified atom stereocenters. The molecule has 0 aliphatic heterocycles. The number of carbonyl (C=O) groups excluding carboxylic acids is 2. The van der Waals surface area contributed by atoms with Crippen LogP contribution in [-0.4, -0.2) is 28.0 Å². The number of hydrogen-bond acceptors (Lipinski definition) is 5. The van der Waals surface area contributed by atoms with Gasteiger partial charge in [0.15, 0.2) is 6.61 Å². The first-order chi connectivity index (χ1) is 11.4. The number of aryl methyl sites for hydroxylation is 1. The van der Waals surface area contributed by atoms with E-state index in [1.165, 1.54) is 6.20 Å². The summed E-state index contributed by atoms with van der Waals surface area (Å²) in [4.78, 5) is 47.9. The van der Waals surface area contributed by atoms with Crippen LogP contribution in [0.25, 0.3) is 0 Å². The van der Waals surface area contributed by atoms with E-state index in [1.54, 1.807) is 6.07 Å². The summed E-state index contributed by atoms with van der Waals surface area (Å²) in [5, 5.41) is 2.66. The molecule has 0 atom stereocenters. The molecule has 24 heavy (non-hydrogen) atoms. The Hall–Kier alpha value is -3.16. The van der Waals surface area contributed by atoms with Crippen LogP contribution in [0.15, 0.2) is 40.1 Å². The molecule has 0 aliphatic carbocycles. The van der Waals surface area contributed by atoms with E-state index in [0.29, 0.717) is 5.69 Å². The molecule has 1 aromatic carbocycles. The van der Waals surface area contributed by atoms with Gasteiger partial charge in [-0.1, -0.05) is 12.1 Å². The van der Waals surface area contributed by atoms with Gasteiger partial charge in [-0.15, -0.1) is 0 Å². The lowest BCUT2D eigenvalue weighted by Gasteiger charge is -2.11. The Kier molecular flexibility index (Phi) is 5.31. The van der Waals surface area contributed by atoms with Crippen LogP contribution in [0.3, 0.4) is 0 Å². The fourth-order valence-corrected chi connectivity index (χ4v) is 1.97. The predicted molar refractivity (Wildman–Crippen MR) is 86.8 cm³/mol. The number of hydrogen-bond donors (Lipinski definition) is 2. The minimum Gasteiger partial charge on any atom is -0.454 e. The monoisotopic (exact) mass is 331 g/mol. The van der Waals surface area contributed by atoms with E-state index in [9.17, 15) is 19.2 Å². The van der Waals surface area contributed by atoms with Crippen molar-refractivity contribution in [3.05, 3.63) is 62.4 Å². The van der Waals surface area contributed by atoms with E-state index < -0.39 is 36.3 Å². The maximum Gasteiger partial charge on any atom is 0.328 e. The molecule has 0 fully saturated rings. The SMILES string of the molecule is Cc1cccc(NC(=O)COC(=O)Cn2ccc(=O)[nH]c2=O)c1C. The summed E-state index contributed by atoms with van der Waals surface area (Å²) in [6.45, 7) is 2.93. The Labute approximate surface area is 137 Å². The van der Waals surface area contributed by atoms with Crippen LogP contribution >= 0.6 is 0 Å². The fraction of sp³-hybridized carbons (Fsp3) is 0.250. The first-order valence-corrected chi connectivity index (χ1v) is 7.18. The van der Waals surface area contributed by atoms with Gasteiger partial charge in [0, 0.05) is 18.0 Å². The number of amides is 1. The van der Waals surface area contributed by atoms with Crippen molar-refractivity contribution >= 4 is 17.6 Å². The molecular formula is C16H17N3O5.